The molecule has 0 aliphatic rings. The van der Waals surface area contributed by atoms with Gasteiger partial charge in [0.05, 0.1) is 0 Å². The van der Waals surface area contributed by atoms with Gasteiger partial charge in [0.25, 0.3) is 0 Å². The van der Waals surface area contributed by atoms with Crippen LogP contribution in [0.2, 0.25) is 0 Å². The standard InChI is InChI=1S/C11H12N4O3/c1-7(5-10(16)17)4-9-14-11(15-18-9)8-2-3-12-6-13-8/h2-3,6-7H,4-5H2,1H3,(H,16,17). The lowest BCUT2D eigenvalue weighted by Gasteiger charge is -2.03. The third-order valence-corrected chi connectivity index (χ3v) is 2.33. The maximum Gasteiger partial charge on any atom is 0.303 e. The zero-order valence-corrected chi connectivity index (χ0v) is 9.78. The lowest BCUT2D eigenvalue weighted by Crippen LogP contribution is -2.07. The fourth-order valence-electron chi connectivity index (χ4n) is 1.53. The van der Waals surface area contributed by atoms with Gasteiger partial charge in [-0.1, -0.05) is 12.1 Å². The Kier molecular flexibility index (Phi) is 3.61. The Hall–Kier alpha value is -2.31. The van der Waals surface area contributed by atoms with Crippen molar-refractivity contribution in [2.75, 3.05) is 0 Å². The molecule has 94 valence electrons. The average molecular weight is 248 g/mol. The molecule has 2 aromatic heterocycles. The molecular weight excluding hydrogens is 236 g/mol. The Labute approximate surface area is 103 Å². The zero-order valence-electron chi connectivity index (χ0n) is 9.78. The molecule has 0 radical (unpaired) electrons. The van der Waals surface area contributed by atoms with Gasteiger partial charge in [-0.2, -0.15) is 4.98 Å². The minimum Gasteiger partial charge on any atom is -0.481 e. The molecule has 2 heterocycles. The molecule has 0 fully saturated rings. The van der Waals surface area contributed by atoms with Crippen molar-refractivity contribution in [2.24, 2.45) is 5.92 Å². The highest BCUT2D eigenvalue weighted by molar-refractivity contribution is 5.66. The number of carbonyl (C=O) groups is 1. The van der Waals surface area contributed by atoms with Crippen LogP contribution >= 0.6 is 0 Å². The van der Waals surface area contributed by atoms with Gasteiger partial charge in [-0.3, -0.25) is 4.79 Å². The van der Waals surface area contributed by atoms with E-state index >= 15 is 0 Å². The number of carboxylic acid groups (broad SMARTS) is 1. The second-order valence-electron chi connectivity index (χ2n) is 4.01. The monoisotopic (exact) mass is 248 g/mol. The SMILES string of the molecule is CC(CC(=O)O)Cc1nc(-c2ccncn2)no1. The van der Waals surface area contributed by atoms with Gasteiger partial charge >= 0.3 is 5.97 Å². The van der Waals surface area contributed by atoms with Crippen LogP contribution in [0.15, 0.2) is 23.1 Å². The highest BCUT2D eigenvalue weighted by Crippen LogP contribution is 2.15. The number of aromatic nitrogens is 4. The Balaban J connectivity index is 2.05. The van der Waals surface area contributed by atoms with Gasteiger partial charge in [0.1, 0.15) is 12.0 Å². The molecule has 0 aliphatic carbocycles. The Bertz CT molecular complexity index is 526. The second kappa shape index (κ2) is 5.35. The first-order chi connectivity index (χ1) is 8.65. The molecule has 0 bridgehead atoms. The van der Waals surface area contributed by atoms with E-state index in [0.717, 1.165) is 0 Å². The first-order valence-electron chi connectivity index (χ1n) is 5.46. The number of hydrogen-bond acceptors (Lipinski definition) is 6. The molecule has 0 amide bonds. The molecule has 1 atom stereocenters. The first-order valence-corrected chi connectivity index (χ1v) is 5.46. The molecule has 1 unspecified atom stereocenters. The normalized spacial score (nSPS) is 12.3. The molecule has 0 aromatic carbocycles. The van der Waals surface area contributed by atoms with Gasteiger partial charge in [-0.05, 0) is 12.0 Å². The maximum atomic E-state index is 10.5. The molecule has 18 heavy (non-hydrogen) atoms. The van der Waals surface area contributed by atoms with Crippen molar-refractivity contribution in [2.45, 2.75) is 19.8 Å². The van der Waals surface area contributed by atoms with E-state index < -0.39 is 5.97 Å². The van der Waals surface area contributed by atoms with Crippen LogP contribution in [0.3, 0.4) is 0 Å². The van der Waals surface area contributed by atoms with E-state index in [1.54, 1.807) is 12.3 Å². The van der Waals surface area contributed by atoms with Gasteiger partial charge in [0, 0.05) is 19.0 Å². The predicted molar refractivity (Wildman–Crippen MR) is 60.4 cm³/mol. The number of aliphatic carboxylic acids is 1. The van der Waals surface area contributed by atoms with Gasteiger partial charge in [-0.15, -0.1) is 0 Å². The fourth-order valence-corrected chi connectivity index (χ4v) is 1.53. The Morgan fingerprint density at radius 1 is 1.56 bits per heavy atom. The van der Waals surface area contributed by atoms with Crippen molar-refractivity contribution < 1.29 is 14.4 Å². The molecular formula is C11H12N4O3. The van der Waals surface area contributed by atoms with Crippen LogP contribution in [0.5, 0.6) is 0 Å². The van der Waals surface area contributed by atoms with Crippen LogP contribution in [-0.4, -0.2) is 31.2 Å². The topological polar surface area (TPSA) is 102 Å². The summed E-state index contributed by atoms with van der Waals surface area (Å²) >= 11 is 0. The second-order valence-corrected chi connectivity index (χ2v) is 4.01. The highest BCUT2D eigenvalue weighted by Gasteiger charge is 2.14. The molecule has 2 aromatic rings. The fraction of sp³-hybridized carbons (Fsp3) is 0.364. The van der Waals surface area contributed by atoms with Gasteiger partial charge in [0.2, 0.25) is 11.7 Å². The number of hydrogen-bond donors (Lipinski definition) is 1. The summed E-state index contributed by atoms with van der Waals surface area (Å²) in [6.45, 7) is 1.82. The summed E-state index contributed by atoms with van der Waals surface area (Å²) in [4.78, 5) is 22.5. The summed E-state index contributed by atoms with van der Waals surface area (Å²) in [6, 6.07) is 1.68. The molecule has 7 nitrogen and oxygen atoms in total. The number of rotatable bonds is 5. The summed E-state index contributed by atoms with van der Waals surface area (Å²) < 4.78 is 5.06. The van der Waals surface area contributed by atoms with Crippen LogP contribution in [0.1, 0.15) is 19.2 Å². The molecule has 0 saturated heterocycles. The lowest BCUT2D eigenvalue weighted by molar-refractivity contribution is -0.137. The van der Waals surface area contributed by atoms with Crippen LogP contribution in [0.4, 0.5) is 0 Å². The van der Waals surface area contributed by atoms with Crippen LogP contribution in [0, 0.1) is 5.92 Å². The first kappa shape index (κ1) is 12.2. The Morgan fingerprint density at radius 3 is 3.06 bits per heavy atom. The Morgan fingerprint density at radius 2 is 2.39 bits per heavy atom. The van der Waals surface area contributed by atoms with Gasteiger partial charge < -0.3 is 9.63 Å². The van der Waals surface area contributed by atoms with E-state index in [1.165, 1.54) is 6.33 Å². The van der Waals surface area contributed by atoms with E-state index in [9.17, 15) is 4.79 Å². The van der Waals surface area contributed by atoms with E-state index in [1.807, 2.05) is 6.92 Å². The van der Waals surface area contributed by atoms with Gasteiger partial charge in [0.15, 0.2) is 0 Å². The van der Waals surface area contributed by atoms with Crippen LogP contribution < -0.4 is 0 Å². The number of carboxylic acids is 1. The minimum atomic E-state index is -0.835. The smallest absolute Gasteiger partial charge is 0.303 e. The van der Waals surface area contributed by atoms with Crippen molar-refractivity contribution in [3.63, 3.8) is 0 Å². The summed E-state index contributed by atoms with van der Waals surface area (Å²) in [5.74, 6) is -0.0912. The third-order valence-electron chi connectivity index (χ3n) is 2.33. The summed E-state index contributed by atoms with van der Waals surface area (Å²) in [5, 5.41) is 12.5. The third kappa shape index (κ3) is 3.09. The summed E-state index contributed by atoms with van der Waals surface area (Å²) in [7, 11) is 0. The number of nitrogens with zero attached hydrogens (tertiary/aromatic N) is 4. The maximum absolute atomic E-state index is 10.5. The van der Waals surface area contributed by atoms with Crippen LogP contribution in [-0.2, 0) is 11.2 Å². The van der Waals surface area contributed by atoms with E-state index in [-0.39, 0.29) is 12.3 Å². The van der Waals surface area contributed by atoms with Crippen molar-refractivity contribution >= 4 is 5.97 Å². The highest BCUT2D eigenvalue weighted by atomic mass is 16.5. The molecule has 0 aliphatic heterocycles. The minimum absolute atomic E-state index is 0.0544. The largest absolute Gasteiger partial charge is 0.481 e. The van der Waals surface area contributed by atoms with E-state index in [2.05, 4.69) is 20.1 Å². The van der Waals surface area contributed by atoms with Crippen molar-refractivity contribution in [1.82, 2.24) is 20.1 Å². The van der Waals surface area contributed by atoms with Crippen molar-refractivity contribution in [3.05, 3.63) is 24.5 Å². The lowest BCUT2D eigenvalue weighted by atomic mass is 10.0. The van der Waals surface area contributed by atoms with Crippen molar-refractivity contribution in [1.29, 1.82) is 0 Å². The van der Waals surface area contributed by atoms with Gasteiger partial charge in [-0.25, -0.2) is 9.97 Å². The zero-order chi connectivity index (χ0) is 13.0. The van der Waals surface area contributed by atoms with Crippen LogP contribution in [0.25, 0.3) is 11.5 Å². The molecule has 7 heteroatoms. The molecule has 2 rings (SSSR count). The molecule has 0 saturated carbocycles. The quantitative estimate of drug-likeness (QED) is 0.847. The molecule has 0 spiro atoms. The molecule has 1 N–H and O–H groups in total. The predicted octanol–water partition coefficient (Wildman–Crippen LogP) is 1.18. The average Bonchev–Trinajstić information content (AvgIpc) is 2.77. The summed E-state index contributed by atoms with van der Waals surface area (Å²) in [6.07, 6.45) is 3.50. The van der Waals surface area contributed by atoms with E-state index in [0.29, 0.717) is 23.8 Å². The van der Waals surface area contributed by atoms with E-state index in [4.69, 9.17) is 9.63 Å². The summed E-state index contributed by atoms with van der Waals surface area (Å²) in [5.41, 5.74) is 0.575. The van der Waals surface area contributed by atoms with Crippen molar-refractivity contribution in [3.8, 4) is 11.5 Å².